The number of hydrogen-bond acceptors (Lipinski definition) is 3. The van der Waals surface area contributed by atoms with Gasteiger partial charge in [0.15, 0.2) is 0 Å². The second-order valence-corrected chi connectivity index (χ2v) is 5.18. The third-order valence-corrected chi connectivity index (χ3v) is 3.57. The highest BCUT2D eigenvalue weighted by Crippen LogP contribution is 2.43. The van der Waals surface area contributed by atoms with Gasteiger partial charge in [-0.1, -0.05) is 0 Å². The SMILES string of the molecule is CCOP(=O)(O)CC[C@@H]1CCCO1. The Morgan fingerprint density at radius 1 is 1.69 bits per heavy atom. The van der Waals surface area contributed by atoms with Gasteiger partial charge in [-0.3, -0.25) is 4.57 Å². The molecular formula is C8H17O4P. The van der Waals surface area contributed by atoms with Crippen LogP contribution in [0.5, 0.6) is 0 Å². The van der Waals surface area contributed by atoms with Crippen LogP contribution in [0.25, 0.3) is 0 Å². The third kappa shape index (κ3) is 4.23. The Kier molecular flexibility index (Phi) is 4.39. The highest BCUT2D eigenvalue weighted by molar-refractivity contribution is 7.52. The Morgan fingerprint density at radius 3 is 3.00 bits per heavy atom. The molecule has 4 nitrogen and oxygen atoms in total. The van der Waals surface area contributed by atoms with Crippen molar-refractivity contribution in [2.75, 3.05) is 19.4 Å². The fourth-order valence-corrected chi connectivity index (χ4v) is 2.59. The van der Waals surface area contributed by atoms with Crippen molar-refractivity contribution in [3.63, 3.8) is 0 Å². The summed E-state index contributed by atoms with van der Waals surface area (Å²) < 4.78 is 21.3. The quantitative estimate of drug-likeness (QED) is 0.699. The Hall–Kier alpha value is 0.110. The first kappa shape index (κ1) is 11.2. The zero-order valence-corrected chi connectivity index (χ0v) is 8.83. The van der Waals surface area contributed by atoms with E-state index in [4.69, 9.17) is 9.26 Å². The van der Waals surface area contributed by atoms with Crippen molar-refractivity contribution in [3.8, 4) is 0 Å². The second kappa shape index (κ2) is 5.11. The fraction of sp³-hybridized carbons (Fsp3) is 1.00. The molecule has 0 aromatic carbocycles. The topological polar surface area (TPSA) is 55.8 Å². The maximum absolute atomic E-state index is 11.2. The van der Waals surface area contributed by atoms with Crippen molar-refractivity contribution in [1.82, 2.24) is 0 Å². The van der Waals surface area contributed by atoms with Crippen molar-refractivity contribution in [1.29, 1.82) is 0 Å². The smallest absolute Gasteiger partial charge is 0.328 e. The summed E-state index contributed by atoms with van der Waals surface area (Å²) in [5.41, 5.74) is 0. The van der Waals surface area contributed by atoms with Crippen LogP contribution in [-0.4, -0.2) is 30.4 Å². The lowest BCUT2D eigenvalue weighted by Gasteiger charge is -2.13. The monoisotopic (exact) mass is 208 g/mol. The molecule has 1 heterocycles. The molecule has 2 atom stereocenters. The molecule has 0 radical (unpaired) electrons. The van der Waals surface area contributed by atoms with E-state index in [0.29, 0.717) is 13.0 Å². The maximum atomic E-state index is 11.2. The van der Waals surface area contributed by atoms with Gasteiger partial charge in [0.25, 0.3) is 0 Å². The van der Waals surface area contributed by atoms with Crippen LogP contribution < -0.4 is 0 Å². The number of hydrogen-bond donors (Lipinski definition) is 1. The van der Waals surface area contributed by atoms with Crippen LogP contribution in [0.3, 0.4) is 0 Å². The van der Waals surface area contributed by atoms with Gasteiger partial charge in [0.05, 0.1) is 18.9 Å². The van der Waals surface area contributed by atoms with Crippen LogP contribution in [0, 0.1) is 0 Å². The molecular weight excluding hydrogens is 191 g/mol. The first-order chi connectivity index (χ1) is 6.14. The van der Waals surface area contributed by atoms with Gasteiger partial charge in [-0.15, -0.1) is 0 Å². The van der Waals surface area contributed by atoms with Crippen molar-refractivity contribution in [2.24, 2.45) is 0 Å². The molecule has 5 heteroatoms. The second-order valence-electron chi connectivity index (χ2n) is 3.20. The van der Waals surface area contributed by atoms with Gasteiger partial charge in [0.1, 0.15) is 0 Å². The summed E-state index contributed by atoms with van der Waals surface area (Å²) in [6, 6.07) is 0. The fourth-order valence-electron chi connectivity index (χ4n) is 1.45. The van der Waals surface area contributed by atoms with Gasteiger partial charge in [-0.25, -0.2) is 0 Å². The first-order valence-corrected chi connectivity index (χ1v) is 6.48. The van der Waals surface area contributed by atoms with Crippen molar-refractivity contribution >= 4 is 7.60 Å². The normalized spacial score (nSPS) is 27.4. The molecule has 0 aromatic rings. The average Bonchev–Trinajstić information content (AvgIpc) is 2.52. The molecule has 0 spiro atoms. The maximum Gasteiger partial charge on any atom is 0.328 e. The minimum Gasteiger partial charge on any atom is -0.378 e. The van der Waals surface area contributed by atoms with Gasteiger partial charge in [0.2, 0.25) is 0 Å². The van der Waals surface area contributed by atoms with Crippen molar-refractivity contribution < 1.29 is 18.7 Å². The molecule has 0 aromatic heterocycles. The molecule has 78 valence electrons. The Balaban J connectivity index is 2.20. The van der Waals surface area contributed by atoms with Gasteiger partial charge >= 0.3 is 7.60 Å². The van der Waals surface area contributed by atoms with Gasteiger partial charge in [-0.2, -0.15) is 0 Å². The molecule has 0 aliphatic carbocycles. The molecule has 1 saturated heterocycles. The Bertz CT molecular complexity index is 189. The molecule has 1 fully saturated rings. The van der Waals surface area contributed by atoms with E-state index in [1.807, 2.05) is 0 Å². The first-order valence-electron chi connectivity index (χ1n) is 4.72. The molecule has 1 rings (SSSR count). The minimum absolute atomic E-state index is 0.168. The zero-order chi connectivity index (χ0) is 9.73. The summed E-state index contributed by atoms with van der Waals surface area (Å²) >= 11 is 0. The molecule has 0 amide bonds. The van der Waals surface area contributed by atoms with Gasteiger partial charge in [0, 0.05) is 6.61 Å². The van der Waals surface area contributed by atoms with E-state index in [1.165, 1.54) is 0 Å². The molecule has 1 aliphatic heterocycles. The average molecular weight is 208 g/mol. The van der Waals surface area contributed by atoms with E-state index in [9.17, 15) is 9.46 Å². The summed E-state index contributed by atoms with van der Waals surface area (Å²) in [5, 5.41) is 0. The largest absolute Gasteiger partial charge is 0.378 e. The van der Waals surface area contributed by atoms with Crippen molar-refractivity contribution in [3.05, 3.63) is 0 Å². The lowest BCUT2D eigenvalue weighted by molar-refractivity contribution is 0.107. The third-order valence-electron chi connectivity index (χ3n) is 2.09. The lowest BCUT2D eigenvalue weighted by atomic mass is 10.2. The van der Waals surface area contributed by atoms with Gasteiger partial charge in [-0.05, 0) is 26.2 Å². The Labute approximate surface area is 78.8 Å². The molecule has 0 saturated carbocycles. The van der Waals surface area contributed by atoms with Crippen molar-refractivity contribution in [2.45, 2.75) is 32.3 Å². The van der Waals surface area contributed by atoms with E-state index in [1.54, 1.807) is 6.92 Å². The predicted molar refractivity (Wildman–Crippen MR) is 49.9 cm³/mol. The highest BCUT2D eigenvalue weighted by atomic mass is 31.2. The van der Waals surface area contributed by atoms with E-state index in [-0.39, 0.29) is 12.3 Å². The van der Waals surface area contributed by atoms with E-state index >= 15 is 0 Å². The lowest BCUT2D eigenvalue weighted by Crippen LogP contribution is -2.08. The van der Waals surface area contributed by atoms with E-state index in [2.05, 4.69) is 0 Å². The molecule has 1 aliphatic rings. The molecule has 1 N–H and O–H groups in total. The summed E-state index contributed by atoms with van der Waals surface area (Å²) in [5.74, 6) is 0. The standard InChI is InChI=1S/C8H17O4P/c1-2-12-13(9,10)7-5-8-4-3-6-11-8/h8H,2-7H2,1H3,(H,9,10)/t8-/m0/s1. The summed E-state index contributed by atoms with van der Waals surface area (Å²) in [6.45, 7) is 2.79. The van der Waals surface area contributed by atoms with E-state index in [0.717, 1.165) is 19.4 Å². The van der Waals surface area contributed by atoms with Crippen LogP contribution in [0.4, 0.5) is 0 Å². The summed E-state index contributed by atoms with van der Waals surface area (Å²) in [4.78, 5) is 9.25. The Morgan fingerprint density at radius 2 is 2.46 bits per heavy atom. The molecule has 1 unspecified atom stereocenters. The van der Waals surface area contributed by atoms with Crippen LogP contribution in [0.15, 0.2) is 0 Å². The van der Waals surface area contributed by atoms with Crippen LogP contribution in [0.1, 0.15) is 26.2 Å². The number of ether oxygens (including phenoxy) is 1. The minimum atomic E-state index is -3.32. The van der Waals surface area contributed by atoms with Crippen LogP contribution in [0.2, 0.25) is 0 Å². The molecule has 13 heavy (non-hydrogen) atoms. The van der Waals surface area contributed by atoms with Gasteiger partial charge < -0.3 is 14.2 Å². The van der Waals surface area contributed by atoms with E-state index < -0.39 is 7.60 Å². The highest BCUT2D eigenvalue weighted by Gasteiger charge is 2.23. The zero-order valence-electron chi connectivity index (χ0n) is 7.94. The van der Waals surface area contributed by atoms with Crippen LogP contribution in [-0.2, 0) is 13.8 Å². The predicted octanol–water partition coefficient (Wildman–Crippen LogP) is 1.78. The summed E-state index contributed by atoms with van der Waals surface area (Å²) in [6.07, 6.45) is 3.08. The number of rotatable bonds is 5. The molecule has 0 bridgehead atoms. The summed E-state index contributed by atoms with van der Waals surface area (Å²) in [7, 11) is -3.32. The van der Waals surface area contributed by atoms with Crippen LogP contribution >= 0.6 is 7.60 Å².